The molecule has 11 heteroatoms. The van der Waals surface area contributed by atoms with E-state index in [0.717, 1.165) is 16.5 Å². The minimum Gasteiger partial charge on any atom is -0.508 e. The van der Waals surface area contributed by atoms with Crippen molar-refractivity contribution in [3.05, 3.63) is 65.9 Å². The number of hydrogen-bond acceptors (Lipinski definition) is 6. The van der Waals surface area contributed by atoms with Gasteiger partial charge in [-0.3, -0.25) is 19.2 Å². The van der Waals surface area contributed by atoms with Crippen LogP contribution in [-0.2, 0) is 32.0 Å². The Morgan fingerprint density at radius 2 is 1.48 bits per heavy atom. The average molecular weight is 552 g/mol. The van der Waals surface area contributed by atoms with Crippen molar-refractivity contribution in [2.75, 3.05) is 0 Å². The molecule has 3 aromatic rings. The SMILES string of the molecule is CC(C)CC(NC(=O)C(Cc1ccc(O)cc1)NC(=O)C(N)Cc1c[nH]c2ccccc12)C(=O)NC(C)C(=O)O. The summed E-state index contributed by atoms with van der Waals surface area (Å²) in [5, 5.41) is 27.6. The minimum absolute atomic E-state index is 0.00548. The van der Waals surface area contributed by atoms with E-state index in [9.17, 15) is 24.3 Å². The third-order valence-corrected chi connectivity index (χ3v) is 6.53. The number of carbonyl (C=O) groups excluding carboxylic acids is 3. The van der Waals surface area contributed by atoms with E-state index in [1.165, 1.54) is 19.1 Å². The van der Waals surface area contributed by atoms with Gasteiger partial charge in [0.05, 0.1) is 6.04 Å². The molecule has 0 spiro atoms. The van der Waals surface area contributed by atoms with E-state index in [2.05, 4.69) is 20.9 Å². The van der Waals surface area contributed by atoms with Gasteiger partial charge in [0.1, 0.15) is 23.9 Å². The number of carbonyl (C=O) groups is 4. The van der Waals surface area contributed by atoms with Gasteiger partial charge in [-0.2, -0.15) is 0 Å². The largest absolute Gasteiger partial charge is 0.508 e. The first-order chi connectivity index (χ1) is 18.9. The van der Waals surface area contributed by atoms with Gasteiger partial charge in [0, 0.05) is 23.5 Å². The van der Waals surface area contributed by atoms with E-state index in [1.54, 1.807) is 18.3 Å². The number of aromatic amines is 1. The summed E-state index contributed by atoms with van der Waals surface area (Å²) in [6.45, 7) is 5.07. The normalized spacial score (nSPS) is 14.2. The lowest BCUT2D eigenvalue weighted by molar-refractivity contribution is -0.141. The Morgan fingerprint density at radius 3 is 2.12 bits per heavy atom. The number of phenolic OH excluding ortho intramolecular Hbond substituents is 1. The summed E-state index contributed by atoms with van der Waals surface area (Å²) in [7, 11) is 0. The van der Waals surface area contributed by atoms with Crippen LogP contribution in [0.25, 0.3) is 10.9 Å². The summed E-state index contributed by atoms with van der Waals surface area (Å²) < 4.78 is 0. The first-order valence-electron chi connectivity index (χ1n) is 13.2. The predicted octanol–water partition coefficient (Wildman–Crippen LogP) is 1.59. The Bertz CT molecular complexity index is 1340. The first kappa shape index (κ1) is 30.2. The van der Waals surface area contributed by atoms with Crippen molar-refractivity contribution in [3.63, 3.8) is 0 Å². The number of benzene rings is 2. The number of hydrogen-bond donors (Lipinski definition) is 7. The average Bonchev–Trinajstić information content (AvgIpc) is 3.31. The molecule has 8 N–H and O–H groups in total. The summed E-state index contributed by atoms with van der Waals surface area (Å²) in [5.74, 6) is -2.95. The minimum atomic E-state index is -1.20. The lowest BCUT2D eigenvalue weighted by atomic mass is 10.00. The number of aromatic nitrogens is 1. The molecule has 0 fully saturated rings. The number of aromatic hydroxyl groups is 1. The van der Waals surface area contributed by atoms with Crippen molar-refractivity contribution in [2.24, 2.45) is 11.7 Å². The number of phenols is 1. The second-order valence-corrected chi connectivity index (χ2v) is 10.4. The second kappa shape index (κ2) is 13.6. The van der Waals surface area contributed by atoms with Gasteiger partial charge >= 0.3 is 5.97 Å². The van der Waals surface area contributed by atoms with Crippen molar-refractivity contribution in [3.8, 4) is 5.75 Å². The van der Waals surface area contributed by atoms with Crippen molar-refractivity contribution >= 4 is 34.6 Å². The van der Waals surface area contributed by atoms with E-state index >= 15 is 0 Å². The molecule has 4 unspecified atom stereocenters. The number of para-hydroxylation sites is 1. The van der Waals surface area contributed by atoms with Crippen LogP contribution in [0.15, 0.2) is 54.7 Å². The predicted molar refractivity (Wildman–Crippen MR) is 150 cm³/mol. The molecule has 11 nitrogen and oxygen atoms in total. The Labute approximate surface area is 232 Å². The molecular weight excluding hydrogens is 514 g/mol. The molecule has 3 rings (SSSR count). The van der Waals surface area contributed by atoms with E-state index in [0.29, 0.717) is 5.56 Å². The van der Waals surface area contributed by atoms with Crippen molar-refractivity contribution in [1.29, 1.82) is 0 Å². The summed E-state index contributed by atoms with van der Waals surface area (Å²) in [6, 6.07) is 9.62. The van der Waals surface area contributed by atoms with Crippen LogP contribution in [0.4, 0.5) is 0 Å². The Balaban J connectivity index is 1.78. The van der Waals surface area contributed by atoms with Gasteiger partial charge < -0.3 is 36.9 Å². The zero-order chi connectivity index (χ0) is 29.4. The maximum absolute atomic E-state index is 13.5. The zero-order valence-electron chi connectivity index (χ0n) is 22.8. The smallest absolute Gasteiger partial charge is 0.325 e. The third kappa shape index (κ3) is 8.31. The molecule has 3 amide bonds. The molecule has 0 aliphatic heterocycles. The zero-order valence-corrected chi connectivity index (χ0v) is 22.8. The molecule has 1 aromatic heterocycles. The number of carboxylic acids is 1. The monoisotopic (exact) mass is 551 g/mol. The highest BCUT2D eigenvalue weighted by Gasteiger charge is 2.30. The quantitative estimate of drug-likeness (QED) is 0.168. The van der Waals surface area contributed by atoms with Crippen LogP contribution < -0.4 is 21.7 Å². The fourth-order valence-electron chi connectivity index (χ4n) is 4.34. The van der Waals surface area contributed by atoms with Gasteiger partial charge in [-0.05, 0) is 55.0 Å². The Kier molecular flexibility index (Phi) is 10.3. The number of fused-ring (bicyclic) bond motifs is 1. The van der Waals surface area contributed by atoms with Crippen LogP contribution in [-0.4, -0.2) is 63.1 Å². The fourth-order valence-corrected chi connectivity index (χ4v) is 4.34. The van der Waals surface area contributed by atoms with Gasteiger partial charge in [0.25, 0.3) is 0 Å². The molecular formula is C29H37N5O6. The van der Waals surface area contributed by atoms with E-state index in [1.807, 2.05) is 38.1 Å². The Hall–Kier alpha value is -4.38. The standard InChI is InChI=1S/C29H37N5O6/c1-16(2)12-24(27(37)32-17(3)29(39)40)34-28(38)25(13-18-8-10-20(35)11-9-18)33-26(36)22(30)14-19-15-31-23-7-5-4-6-21(19)23/h4-11,15-17,22,24-25,31,35H,12-14,30H2,1-3H3,(H,32,37)(H,33,36)(H,34,38)(H,39,40). The van der Waals surface area contributed by atoms with E-state index in [-0.39, 0.29) is 30.9 Å². The molecule has 4 atom stereocenters. The molecule has 0 saturated heterocycles. The molecule has 0 aliphatic rings. The highest BCUT2D eigenvalue weighted by Crippen LogP contribution is 2.19. The number of nitrogens with two attached hydrogens (primary N) is 1. The van der Waals surface area contributed by atoms with Gasteiger partial charge in [0.2, 0.25) is 17.7 Å². The third-order valence-electron chi connectivity index (χ3n) is 6.53. The van der Waals surface area contributed by atoms with Crippen LogP contribution in [0, 0.1) is 5.92 Å². The van der Waals surface area contributed by atoms with Gasteiger partial charge in [-0.1, -0.05) is 44.2 Å². The fraction of sp³-hybridized carbons (Fsp3) is 0.379. The summed E-state index contributed by atoms with van der Waals surface area (Å²) in [5.41, 5.74) is 8.69. The van der Waals surface area contributed by atoms with Crippen LogP contribution in [0.3, 0.4) is 0 Å². The molecule has 0 aliphatic carbocycles. The number of H-pyrrole nitrogens is 1. The van der Waals surface area contributed by atoms with Gasteiger partial charge in [-0.15, -0.1) is 0 Å². The molecule has 0 radical (unpaired) electrons. The van der Waals surface area contributed by atoms with E-state index < -0.39 is 47.9 Å². The molecule has 1 heterocycles. The van der Waals surface area contributed by atoms with Crippen molar-refractivity contribution in [1.82, 2.24) is 20.9 Å². The number of rotatable bonds is 13. The maximum atomic E-state index is 13.5. The van der Waals surface area contributed by atoms with E-state index in [4.69, 9.17) is 10.8 Å². The molecule has 214 valence electrons. The molecule has 0 saturated carbocycles. The lowest BCUT2D eigenvalue weighted by Gasteiger charge is -2.25. The Morgan fingerprint density at radius 1 is 0.850 bits per heavy atom. The van der Waals surface area contributed by atoms with Gasteiger partial charge in [-0.25, -0.2) is 0 Å². The molecule has 40 heavy (non-hydrogen) atoms. The van der Waals surface area contributed by atoms with Crippen LogP contribution in [0.5, 0.6) is 5.75 Å². The molecule has 2 aromatic carbocycles. The summed E-state index contributed by atoms with van der Waals surface area (Å²) in [6.07, 6.45) is 2.35. The van der Waals surface area contributed by atoms with Crippen LogP contribution in [0.2, 0.25) is 0 Å². The topological polar surface area (TPSA) is 187 Å². The first-order valence-corrected chi connectivity index (χ1v) is 13.2. The van der Waals surface area contributed by atoms with Crippen LogP contribution in [0.1, 0.15) is 38.3 Å². The maximum Gasteiger partial charge on any atom is 0.325 e. The van der Waals surface area contributed by atoms with Crippen molar-refractivity contribution in [2.45, 2.75) is 64.2 Å². The number of amides is 3. The highest BCUT2D eigenvalue weighted by atomic mass is 16.4. The van der Waals surface area contributed by atoms with Crippen molar-refractivity contribution < 1.29 is 29.4 Å². The lowest BCUT2D eigenvalue weighted by Crippen LogP contribution is -2.57. The summed E-state index contributed by atoms with van der Waals surface area (Å²) >= 11 is 0. The molecule has 0 bridgehead atoms. The number of aliphatic carboxylic acids is 1. The second-order valence-electron chi connectivity index (χ2n) is 10.4. The highest BCUT2D eigenvalue weighted by molar-refractivity contribution is 5.94. The van der Waals surface area contributed by atoms with Gasteiger partial charge in [0.15, 0.2) is 0 Å². The summed E-state index contributed by atoms with van der Waals surface area (Å²) in [4.78, 5) is 53.8. The number of nitrogens with one attached hydrogen (secondary N) is 4. The van der Waals surface area contributed by atoms with Crippen LogP contribution >= 0.6 is 0 Å². The number of carboxylic acid groups (broad SMARTS) is 1.